The molecule has 3 heteroatoms. The molecule has 0 aromatic carbocycles. The van der Waals surface area contributed by atoms with Crippen molar-refractivity contribution in [2.75, 3.05) is 19.6 Å². The lowest BCUT2D eigenvalue weighted by molar-refractivity contribution is -0.108. The number of carbonyl (C=O) groups is 1. The van der Waals surface area contributed by atoms with E-state index in [1.807, 2.05) is 0 Å². The molecule has 1 aliphatic rings. The fraction of sp³-hybridized carbons (Fsp3) is 0.857. The number of carbonyl (C=O) groups excluding carboxylic acids is 1. The molecule has 0 amide bonds. The average molecular weight is 142 g/mol. The molecule has 58 valence electrons. The van der Waals surface area contributed by atoms with Gasteiger partial charge in [0.15, 0.2) is 0 Å². The third-order valence-corrected chi connectivity index (χ3v) is 1.75. The van der Waals surface area contributed by atoms with Crippen LogP contribution in [0.5, 0.6) is 0 Å². The molecule has 0 spiro atoms. The standard InChI is InChI=1S/C7H14N2O/c10-7-4-8-9-5-2-1-3-6-9/h7-8H,1-6H2. The monoisotopic (exact) mass is 142 g/mol. The first-order valence-corrected chi connectivity index (χ1v) is 3.85. The smallest absolute Gasteiger partial charge is 0.135 e. The number of piperidine rings is 1. The molecule has 1 aliphatic heterocycles. The van der Waals surface area contributed by atoms with Gasteiger partial charge in [0.2, 0.25) is 0 Å². The van der Waals surface area contributed by atoms with Gasteiger partial charge in [0.25, 0.3) is 0 Å². The molecule has 0 unspecified atom stereocenters. The van der Waals surface area contributed by atoms with E-state index < -0.39 is 0 Å². The Kier molecular flexibility index (Phi) is 3.40. The first-order valence-electron chi connectivity index (χ1n) is 3.85. The Hall–Kier alpha value is -0.410. The zero-order valence-electron chi connectivity index (χ0n) is 6.18. The van der Waals surface area contributed by atoms with E-state index in [9.17, 15) is 4.79 Å². The molecule has 0 aromatic rings. The van der Waals surface area contributed by atoms with Crippen molar-refractivity contribution in [3.05, 3.63) is 0 Å². The van der Waals surface area contributed by atoms with Crippen LogP contribution in [0.1, 0.15) is 19.3 Å². The van der Waals surface area contributed by atoms with Gasteiger partial charge in [0.1, 0.15) is 6.29 Å². The summed E-state index contributed by atoms with van der Waals surface area (Å²) in [6.45, 7) is 2.64. The van der Waals surface area contributed by atoms with Crippen LogP contribution in [0.2, 0.25) is 0 Å². The second-order valence-corrected chi connectivity index (χ2v) is 2.58. The molecular weight excluding hydrogens is 128 g/mol. The van der Waals surface area contributed by atoms with E-state index in [1.165, 1.54) is 19.3 Å². The highest BCUT2D eigenvalue weighted by Gasteiger charge is 2.07. The van der Waals surface area contributed by atoms with Crippen LogP contribution in [0.3, 0.4) is 0 Å². The van der Waals surface area contributed by atoms with Gasteiger partial charge >= 0.3 is 0 Å². The summed E-state index contributed by atoms with van der Waals surface area (Å²) in [5, 5.41) is 2.12. The molecule has 0 radical (unpaired) electrons. The molecule has 0 bridgehead atoms. The summed E-state index contributed by atoms with van der Waals surface area (Å²) in [4.78, 5) is 9.96. The Balaban J connectivity index is 2.07. The van der Waals surface area contributed by atoms with Crippen LogP contribution < -0.4 is 5.43 Å². The van der Waals surface area contributed by atoms with Gasteiger partial charge in [-0.1, -0.05) is 6.42 Å². The van der Waals surface area contributed by atoms with Gasteiger partial charge in [-0.25, -0.2) is 10.4 Å². The first-order chi connectivity index (χ1) is 4.93. The normalized spacial score (nSPS) is 20.8. The molecule has 10 heavy (non-hydrogen) atoms. The molecular formula is C7H14N2O. The van der Waals surface area contributed by atoms with E-state index in [0.29, 0.717) is 6.54 Å². The van der Waals surface area contributed by atoms with Crippen molar-refractivity contribution in [2.45, 2.75) is 19.3 Å². The Morgan fingerprint density at radius 3 is 2.60 bits per heavy atom. The summed E-state index contributed by atoms with van der Waals surface area (Å²) in [6, 6.07) is 0. The van der Waals surface area contributed by atoms with Crippen LogP contribution >= 0.6 is 0 Å². The Bertz CT molecular complexity index is 99.8. The number of aldehydes is 1. The van der Waals surface area contributed by atoms with Crippen LogP contribution in [-0.2, 0) is 4.79 Å². The average Bonchev–Trinajstić information content (AvgIpc) is 2.03. The van der Waals surface area contributed by atoms with Crippen molar-refractivity contribution in [3.8, 4) is 0 Å². The van der Waals surface area contributed by atoms with E-state index in [0.717, 1.165) is 19.4 Å². The molecule has 1 N–H and O–H groups in total. The van der Waals surface area contributed by atoms with E-state index >= 15 is 0 Å². The summed E-state index contributed by atoms with van der Waals surface area (Å²) in [6.07, 6.45) is 4.74. The maximum atomic E-state index is 9.96. The van der Waals surface area contributed by atoms with E-state index in [-0.39, 0.29) is 0 Å². The third kappa shape index (κ3) is 2.45. The highest BCUT2D eigenvalue weighted by molar-refractivity contribution is 5.51. The third-order valence-electron chi connectivity index (χ3n) is 1.75. The molecule has 0 atom stereocenters. The Morgan fingerprint density at radius 1 is 1.30 bits per heavy atom. The molecule has 1 rings (SSSR count). The van der Waals surface area contributed by atoms with Gasteiger partial charge in [-0.15, -0.1) is 0 Å². The SMILES string of the molecule is O=CCNN1CCCCC1. The molecule has 0 aliphatic carbocycles. The van der Waals surface area contributed by atoms with Crippen molar-refractivity contribution in [1.82, 2.24) is 10.4 Å². The lowest BCUT2D eigenvalue weighted by atomic mass is 10.2. The van der Waals surface area contributed by atoms with Crippen LogP contribution in [0, 0.1) is 0 Å². The Morgan fingerprint density at radius 2 is 2.00 bits per heavy atom. The first kappa shape index (κ1) is 7.69. The molecule has 0 saturated carbocycles. The van der Waals surface area contributed by atoms with Gasteiger partial charge in [0.05, 0.1) is 6.54 Å². The summed E-state index contributed by atoms with van der Waals surface area (Å²) < 4.78 is 0. The molecule has 1 saturated heterocycles. The lowest BCUT2D eigenvalue weighted by Crippen LogP contribution is -2.42. The highest BCUT2D eigenvalue weighted by atomic mass is 16.1. The second kappa shape index (κ2) is 4.41. The zero-order chi connectivity index (χ0) is 7.23. The number of rotatable bonds is 3. The minimum atomic E-state index is 0.458. The number of hydrazine groups is 1. The lowest BCUT2D eigenvalue weighted by Gasteiger charge is -2.25. The molecule has 1 fully saturated rings. The fourth-order valence-corrected chi connectivity index (χ4v) is 1.22. The highest BCUT2D eigenvalue weighted by Crippen LogP contribution is 2.04. The summed E-state index contributed by atoms with van der Waals surface area (Å²) in [5.41, 5.74) is 3.04. The van der Waals surface area contributed by atoms with Gasteiger partial charge in [-0.3, -0.25) is 0 Å². The van der Waals surface area contributed by atoms with Crippen LogP contribution in [0.15, 0.2) is 0 Å². The predicted molar refractivity (Wildman–Crippen MR) is 39.5 cm³/mol. The quantitative estimate of drug-likeness (QED) is 0.570. The van der Waals surface area contributed by atoms with E-state index in [1.54, 1.807) is 0 Å². The maximum Gasteiger partial charge on any atom is 0.135 e. The summed E-state index contributed by atoms with van der Waals surface area (Å²) in [7, 11) is 0. The van der Waals surface area contributed by atoms with Crippen molar-refractivity contribution < 1.29 is 4.79 Å². The number of hydrogen-bond acceptors (Lipinski definition) is 3. The van der Waals surface area contributed by atoms with E-state index in [4.69, 9.17) is 0 Å². The van der Waals surface area contributed by atoms with E-state index in [2.05, 4.69) is 10.4 Å². The number of nitrogens with one attached hydrogen (secondary N) is 1. The van der Waals surface area contributed by atoms with Gasteiger partial charge in [0, 0.05) is 13.1 Å². The van der Waals surface area contributed by atoms with Crippen molar-refractivity contribution in [2.24, 2.45) is 0 Å². The zero-order valence-corrected chi connectivity index (χ0v) is 6.18. The molecule has 3 nitrogen and oxygen atoms in total. The number of nitrogens with zero attached hydrogens (tertiary/aromatic N) is 1. The minimum absolute atomic E-state index is 0.458. The fourth-order valence-electron chi connectivity index (χ4n) is 1.22. The number of hydrogen-bond donors (Lipinski definition) is 1. The topological polar surface area (TPSA) is 32.3 Å². The minimum Gasteiger partial charge on any atom is -0.302 e. The largest absolute Gasteiger partial charge is 0.302 e. The van der Waals surface area contributed by atoms with Crippen molar-refractivity contribution in [1.29, 1.82) is 0 Å². The summed E-state index contributed by atoms with van der Waals surface area (Å²) in [5.74, 6) is 0. The van der Waals surface area contributed by atoms with Crippen LogP contribution in [0.4, 0.5) is 0 Å². The molecule has 0 aromatic heterocycles. The van der Waals surface area contributed by atoms with Gasteiger partial charge in [-0.05, 0) is 12.8 Å². The summed E-state index contributed by atoms with van der Waals surface area (Å²) >= 11 is 0. The maximum absolute atomic E-state index is 9.96. The van der Waals surface area contributed by atoms with Crippen molar-refractivity contribution in [3.63, 3.8) is 0 Å². The second-order valence-electron chi connectivity index (χ2n) is 2.58. The van der Waals surface area contributed by atoms with Crippen LogP contribution in [0.25, 0.3) is 0 Å². The predicted octanol–water partition coefficient (Wildman–Crippen LogP) is 0.176. The van der Waals surface area contributed by atoms with Gasteiger partial charge < -0.3 is 4.79 Å². The van der Waals surface area contributed by atoms with Crippen LogP contribution in [-0.4, -0.2) is 30.9 Å². The van der Waals surface area contributed by atoms with Crippen molar-refractivity contribution >= 4 is 6.29 Å². The Labute approximate surface area is 61.4 Å². The van der Waals surface area contributed by atoms with Gasteiger partial charge in [-0.2, -0.15) is 0 Å². The molecule has 1 heterocycles.